The van der Waals surface area contributed by atoms with Crippen molar-refractivity contribution in [2.75, 3.05) is 24.2 Å². The lowest BCUT2D eigenvalue weighted by Crippen LogP contribution is -2.37. The number of hydrogen-bond acceptors (Lipinski definition) is 7. The average molecular weight is 458 g/mol. The average Bonchev–Trinajstić information content (AvgIpc) is 3.40. The molecule has 172 valence electrons. The summed E-state index contributed by atoms with van der Waals surface area (Å²) in [5.74, 6) is -1.36. The molecule has 0 radical (unpaired) electrons. The Bertz CT molecular complexity index is 1230. The van der Waals surface area contributed by atoms with Crippen molar-refractivity contribution in [2.45, 2.75) is 12.1 Å². The van der Waals surface area contributed by atoms with Gasteiger partial charge in [-0.2, -0.15) is 0 Å². The van der Waals surface area contributed by atoms with Crippen LogP contribution in [-0.2, 0) is 19.2 Å². The fourth-order valence-corrected chi connectivity index (χ4v) is 4.47. The molecule has 2 aliphatic rings. The Kier molecular flexibility index (Phi) is 5.51. The number of carbonyl (C=O) groups excluding carboxylic acids is 3. The zero-order valence-electron chi connectivity index (χ0n) is 18.6. The highest BCUT2D eigenvalue weighted by atomic mass is 16.7. The van der Waals surface area contributed by atoms with Crippen LogP contribution in [0.3, 0.4) is 0 Å². The number of para-hydroxylation sites is 1. The third-order valence-electron chi connectivity index (χ3n) is 6.13. The lowest BCUT2D eigenvalue weighted by atomic mass is 9.90. The van der Waals surface area contributed by atoms with Gasteiger partial charge in [0.15, 0.2) is 6.10 Å². The maximum atomic E-state index is 13.6. The fraction of sp³-hybridized carbons (Fsp3) is 0.192. The van der Waals surface area contributed by atoms with E-state index in [0.29, 0.717) is 17.0 Å². The van der Waals surface area contributed by atoms with Crippen LogP contribution in [-0.4, -0.2) is 38.1 Å². The van der Waals surface area contributed by atoms with Crippen LogP contribution >= 0.6 is 0 Å². The monoisotopic (exact) mass is 458 g/mol. The van der Waals surface area contributed by atoms with Crippen LogP contribution < -0.4 is 14.7 Å². The summed E-state index contributed by atoms with van der Waals surface area (Å²) in [6.07, 6.45) is -0.972. The molecule has 3 atom stereocenters. The fourth-order valence-electron chi connectivity index (χ4n) is 4.47. The molecule has 0 saturated carbocycles. The van der Waals surface area contributed by atoms with Gasteiger partial charge >= 0.3 is 5.97 Å². The van der Waals surface area contributed by atoms with E-state index in [-0.39, 0.29) is 5.91 Å². The molecule has 0 spiro atoms. The van der Waals surface area contributed by atoms with Crippen molar-refractivity contribution in [1.82, 2.24) is 0 Å². The second kappa shape index (κ2) is 8.64. The number of anilines is 2. The highest BCUT2D eigenvalue weighted by molar-refractivity contribution is 6.23. The molecule has 0 bridgehead atoms. The number of fused-ring (bicyclic) bond motifs is 1. The van der Waals surface area contributed by atoms with Crippen molar-refractivity contribution in [3.05, 3.63) is 90.0 Å². The summed E-state index contributed by atoms with van der Waals surface area (Å²) in [5.41, 5.74) is 2.30. The minimum atomic E-state index is -0.972. The number of imide groups is 1. The molecule has 8 heteroatoms. The van der Waals surface area contributed by atoms with Gasteiger partial charge in [-0.05, 0) is 54.1 Å². The number of amides is 2. The smallest absolute Gasteiger partial charge is 0.337 e. The third-order valence-corrected chi connectivity index (χ3v) is 6.13. The Balaban J connectivity index is 1.54. The van der Waals surface area contributed by atoms with Gasteiger partial charge in [0.1, 0.15) is 11.7 Å². The number of hydrogen-bond donors (Lipinski definition) is 0. The molecular weight excluding hydrogens is 436 g/mol. The van der Waals surface area contributed by atoms with Crippen LogP contribution in [0.15, 0.2) is 78.9 Å². The molecular formula is C26H22N2O6. The van der Waals surface area contributed by atoms with E-state index in [0.717, 1.165) is 11.3 Å². The summed E-state index contributed by atoms with van der Waals surface area (Å²) in [4.78, 5) is 46.2. The predicted octanol–water partition coefficient (Wildman–Crippen LogP) is 3.53. The summed E-state index contributed by atoms with van der Waals surface area (Å²) >= 11 is 0. The number of ether oxygens (including phenoxy) is 2. The molecule has 2 fully saturated rings. The summed E-state index contributed by atoms with van der Waals surface area (Å²) in [6.45, 7) is 0. The Morgan fingerprint density at radius 1 is 0.824 bits per heavy atom. The van der Waals surface area contributed by atoms with E-state index in [4.69, 9.17) is 14.3 Å². The number of benzene rings is 3. The summed E-state index contributed by atoms with van der Waals surface area (Å²) in [7, 11) is 2.87. The van der Waals surface area contributed by atoms with E-state index >= 15 is 0 Å². The lowest BCUT2D eigenvalue weighted by molar-refractivity contribution is -0.126. The second-order valence-corrected chi connectivity index (χ2v) is 7.98. The van der Waals surface area contributed by atoms with E-state index in [9.17, 15) is 14.4 Å². The van der Waals surface area contributed by atoms with Gasteiger partial charge in [-0.3, -0.25) is 14.4 Å². The SMILES string of the molecule is COC(=O)c1ccc([C@@H]2[C@H]3C(=O)N(c4ccc(OC)cc4)C(=O)[C@H]3ON2c2ccccc2)cc1. The maximum absolute atomic E-state index is 13.6. The van der Waals surface area contributed by atoms with Gasteiger partial charge in [0.05, 0.1) is 37.2 Å². The van der Waals surface area contributed by atoms with Gasteiger partial charge in [-0.15, -0.1) is 0 Å². The first-order valence-corrected chi connectivity index (χ1v) is 10.7. The highest BCUT2D eigenvalue weighted by Crippen LogP contribution is 2.47. The summed E-state index contributed by atoms with van der Waals surface area (Å²) in [5, 5.41) is 1.61. The summed E-state index contributed by atoms with van der Waals surface area (Å²) in [6, 6.07) is 22.3. The minimum absolute atomic E-state index is 0.347. The van der Waals surface area contributed by atoms with Crippen LogP contribution in [0.5, 0.6) is 5.75 Å². The predicted molar refractivity (Wildman–Crippen MR) is 123 cm³/mol. The van der Waals surface area contributed by atoms with Gasteiger partial charge < -0.3 is 9.47 Å². The van der Waals surface area contributed by atoms with Crippen LogP contribution in [0, 0.1) is 5.92 Å². The first-order valence-electron chi connectivity index (χ1n) is 10.7. The second-order valence-electron chi connectivity index (χ2n) is 7.98. The normalized spacial score (nSPS) is 21.5. The van der Waals surface area contributed by atoms with Crippen molar-refractivity contribution in [3.63, 3.8) is 0 Å². The van der Waals surface area contributed by atoms with Crippen LogP contribution in [0.25, 0.3) is 0 Å². The molecule has 2 amide bonds. The summed E-state index contributed by atoms with van der Waals surface area (Å²) < 4.78 is 9.96. The standard InChI is InChI=1S/C26H22N2O6/c1-32-20-14-12-18(13-15-20)27-24(29)21-22(16-8-10-17(11-9-16)26(31)33-2)28(34-23(21)25(27)30)19-6-4-3-5-7-19/h3-15,21-23H,1-2H3/t21-,22-,23+/m1/s1. The number of rotatable bonds is 5. The first kappa shape index (κ1) is 21.7. The van der Waals surface area contributed by atoms with Crippen molar-refractivity contribution in [2.24, 2.45) is 5.92 Å². The van der Waals surface area contributed by atoms with E-state index in [1.165, 1.54) is 12.0 Å². The largest absolute Gasteiger partial charge is 0.497 e. The van der Waals surface area contributed by atoms with Crippen molar-refractivity contribution in [3.8, 4) is 5.75 Å². The lowest BCUT2D eigenvalue weighted by Gasteiger charge is -2.28. The van der Waals surface area contributed by atoms with E-state index in [1.54, 1.807) is 60.7 Å². The molecule has 2 saturated heterocycles. The van der Waals surface area contributed by atoms with Gasteiger partial charge in [0.2, 0.25) is 5.91 Å². The van der Waals surface area contributed by atoms with Crippen molar-refractivity contribution >= 4 is 29.2 Å². The molecule has 2 heterocycles. The quantitative estimate of drug-likeness (QED) is 0.427. The minimum Gasteiger partial charge on any atom is -0.497 e. The Morgan fingerprint density at radius 3 is 2.12 bits per heavy atom. The molecule has 8 nitrogen and oxygen atoms in total. The number of esters is 1. The number of methoxy groups -OCH3 is 2. The van der Waals surface area contributed by atoms with Crippen LogP contribution in [0.1, 0.15) is 22.0 Å². The van der Waals surface area contributed by atoms with E-state index < -0.39 is 29.9 Å². The van der Waals surface area contributed by atoms with Gasteiger partial charge in [0, 0.05) is 0 Å². The Morgan fingerprint density at radius 2 is 1.50 bits per heavy atom. The molecule has 2 aliphatic heterocycles. The van der Waals surface area contributed by atoms with Gasteiger partial charge in [-0.25, -0.2) is 14.8 Å². The Labute approximate surface area is 196 Å². The molecule has 0 aromatic heterocycles. The van der Waals surface area contributed by atoms with Crippen LogP contribution in [0.4, 0.5) is 11.4 Å². The van der Waals surface area contributed by atoms with Gasteiger partial charge in [0.25, 0.3) is 5.91 Å². The molecule has 3 aromatic carbocycles. The zero-order valence-corrected chi connectivity index (χ0v) is 18.6. The van der Waals surface area contributed by atoms with Crippen molar-refractivity contribution in [1.29, 1.82) is 0 Å². The first-order chi connectivity index (χ1) is 16.5. The molecule has 3 aromatic rings. The van der Waals surface area contributed by atoms with Crippen LogP contribution in [0.2, 0.25) is 0 Å². The van der Waals surface area contributed by atoms with E-state index in [2.05, 4.69) is 0 Å². The number of hydroxylamine groups is 1. The van der Waals surface area contributed by atoms with Gasteiger partial charge in [-0.1, -0.05) is 30.3 Å². The third kappa shape index (κ3) is 3.48. The molecule has 5 rings (SSSR count). The maximum Gasteiger partial charge on any atom is 0.337 e. The van der Waals surface area contributed by atoms with Crippen molar-refractivity contribution < 1.29 is 28.7 Å². The number of nitrogens with zero attached hydrogens (tertiary/aromatic N) is 2. The Hall–Kier alpha value is -4.17. The highest BCUT2D eigenvalue weighted by Gasteiger charge is 2.60. The number of carbonyl (C=O) groups is 3. The molecule has 34 heavy (non-hydrogen) atoms. The zero-order chi connectivity index (χ0) is 23.8. The molecule has 0 unspecified atom stereocenters. The topological polar surface area (TPSA) is 85.4 Å². The molecule has 0 aliphatic carbocycles. The molecule has 0 N–H and O–H groups in total. The van der Waals surface area contributed by atoms with E-state index in [1.807, 2.05) is 30.3 Å².